The zero-order chi connectivity index (χ0) is 12.0. The van der Waals surface area contributed by atoms with Crippen molar-refractivity contribution in [1.29, 1.82) is 0 Å². The lowest BCUT2D eigenvalue weighted by molar-refractivity contribution is 0.132. The first-order valence-electron chi connectivity index (χ1n) is 6.57. The van der Waals surface area contributed by atoms with Crippen molar-refractivity contribution < 1.29 is 4.74 Å². The summed E-state index contributed by atoms with van der Waals surface area (Å²) in [7, 11) is 0. The van der Waals surface area contributed by atoms with Crippen LogP contribution in [0.5, 0.6) is 0 Å². The molecule has 1 aliphatic heterocycles. The van der Waals surface area contributed by atoms with Gasteiger partial charge in [-0.1, -0.05) is 27.7 Å². The molecule has 16 heavy (non-hydrogen) atoms. The van der Waals surface area contributed by atoms with Gasteiger partial charge in [0, 0.05) is 32.3 Å². The van der Waals surface area contributed by atoms with Crippen LogP contribution in [-0.2, 0) is 4.74 Å². The van der Waals surface area contributed by atoms with Gasteiger partial charge < -0.3 is 10.1 Å². The molecule has 0 radical (unpaired) electrons. The Morgan fingerprint density at radius 2 is 2.00 bits per heavy atom. The van der Waals surface area contributed by atoms with Crippen molar-refractivity contribution in [3.63, 3.8) is 0 Å². The first kappa shape index (κ1) is 13.9. The second-order valence-corrected chi connectivity index (χ2v) is 5.74. The molecule has 96 valence electrons. The zero-order valence-electron chi connectivity index (χ0n) is 11.4. The van der Waals surface area contributed by atoms with E-state index < -0.39 is 0 Å². The highest BCUT2D eigenvalue weighted by Gasteiger charge is 2.26. The van der Waals surface area contributed by atoms with Gasteiger partial charge in [0.25, 0.3) is 0 Å². The number of ether oxygens (including phenoxy) is 1. The van der Waals surface area contributed by atoms with Crippen LogP contribution in [0, 0.1) is 5.41 Å². The van der Waals surface area contributed by atoms with Crippen molar-refractivity contribution >= 4 is 0 Å². The fourth-order valence-electron chi connectivity index (χ4n) is 2.13. The summed E-state index contributed by atoms with van der Waals surface area (Å²) in [5, 5.41) is 3.61. The molecule has 1 heterocycles. The fourth-order valence-corrected chi connectivity index (χ4v) is 2.13. The van der Waals surface area contributed by atoms with Crippen molar-refractivity contribution in [2.24, 2.45) is 5.41 Å². The van der Waals surface area contributed by atoms with E-state index in [9.17, 15) is 0 Å². The maximum absolute atomic E-state index is 5.49. The Hall–Kier alpha value is -0.120. The van der Waals surface area contributed by atoms with Gasteiger partial charge in [-0.3, -0.25) is 4.90 Å². The summed E-state index contributed by atoms with van der Waals surface area (Å²) in [5.41, 5.74) is 0.323. The highest BCUT2D eigenvalue weighted by molar-refractivity contribution is 4.83. The molecule has 1 fully saturated rings. The molecule has 0 aromatic heterocycles. The van der Waals surface area contributed by atoms with Crippen molar-refractivity contribution in [3.05, 3.63) is 0 Å². The Bertz CT molecular complexity index is 181. The first-order valence-corrected chi connectivity index (χ1v) is 6.57. The van der Waals surface area contributed by atoms with Gasteiger partial charge in [0.2, 0.25) is 0 Å². The van der Waals surface area contributed by atoms with Crippen LogP contribution in [0.4, 0.5) is 0 Å². The van der Waals surface area contributed by atoms with E-state index in [1.807, 2.05) is 0 Å². The van der Waals surface area contributed by atoms with Crippen LogP contribution in [-0.4, -0.2) is 50.3 Å². The van der Waals surface area contributed by atoms with Crippen molar-refractivity contribution in [2.75, 3.05) is 39.4 Å². The van der Waals surface area contributed by atoms with Crippen LogP contribution in [0.3, 0.4) is 0 Å². The number of hydrogen-bond donors (Lipinski definition) is 1. The maximum atomic E-state index is 5.49. The Kier molecular flexibility index (Phi) is 5.73. The minimum atomic E-state index is 0.323. The molecule has 1 aliphatic rings. The van der Waals surface area contributed by atoms with E-state index >= 15 is 0 Å². The first-order chi connectivity index (χ1) is 7.54. The van der Waals surface area contributed by atoms with Gasteiger partial charge in [0.1, 0.15) is 0 Å². The third kappa shape index (κ3) is 4.81. The zero-order valence-corrected chi connectivity index (χ0v) is 11.4. The number of likely N-dealkylation sites (N-methyl/N-ethyl adjacent to an activating group) is 1. The monoisotopic (exact) mass is 228 g/mol. The summed E-state index contributed by atoms with van der Waals surface area (Å²) < 4.78 is 5.49. The maximum Gasteiger partial charge on any atom is 0.0593 e. The predicted octanol–water partition coefficient (Wildman–Crippen LogP) is 1.73. The third-order valence-corrected chi connectivity index (χ3v) is 3.25. The minimum Gasteiger partial charge on any atom is -0.380 e. The molecule has 0 amide bonds. The highest BCUT2D eigenvalue weighted by Crippen LogP contribution is 2.20. The summed E-state index contributed by atoms with van der Waals surface area (Å²) in [6, 6.07) is 0.565. The van der Waals surface area contributed by atoms with Crippen LogP contribution in [0.25, 0.3) is 0 Å². The molecule has 3 nitrogen and oxygen atoms in total. The summed E-state index contributed by atoms with van der Waals surface area (Å²) in [4.78, 5) is 2.53. The van der Waals surface area contributed by atoms with E-state index in [4.69, 9.17) is 4.74 Å². The Morgan fingerprint density at radius 1 is 1.25 bits per heavy atom. The lowest BCUT2D eigenvalue weighted by atomic mass is 9.86. The topological polar surface area (TPSA) is 24.5 Å². The smallest absolute Gasteiger partial charge is 0.0593 e. The molecule has 0 bridgehead atoms. The van der Waals surface area contributed by atoms with Crippen LogP contribution in [0.15, 0.2) is 0 Å². The van der Waals surface area contributed by atoms with Gasteiger partial charge in [-0.25, -0.2) is 0 Å². The molecule has 0 saturated carbocycles. The highest BCUT2D eigenvalue weighted by atomic mass is 16.5. The van der Waals surface area contributed by atoms with Gasteiger partial charge in [0.05, 0.1) is 6.61 Å². The van der Waals surface area contributed by atoms with Crippen molar-refractivity contribution in [2.45, 2.75) is 40.2 Å². The van der Waals surface area contributed by atoms with Gasteiger partial charge in [0.15, 0.2) is 0 Å². The normalized spacial score (nSPS) is 21.8. The molecular weight excluding hydrogens is 200 g/mol. The quantitative estimate of drug-likeness (QED) is 0.793. The third-order valence-electron chi connectivity index (χ3n) is 3.25. The van der Waals surface area contributed by atoms with E-state index in [0.29, 0.717) is 11.5 Å². The van der Waals surface area contributed by atoms with E-state index in [1.54, 1.807) is 0 Å². The Labute approximate surface area is 101 Å². The standard InChI is InChI=1S/C13H28N2O/c1-5-14-12(13(2,3)4)11-15-7-6-9-16-10-8-15/h12,14H,5-11H2,1-4H3. The van der Waals surface area contributed by atoms with Crippen LogP contribution in [0.1, 0.15) is 34.1 Å². The van der Waals surface area contributed by atoms with Crippen LogP contribution < -0.4 is 5.32 Å². The van der Waals surface area contributed by atoms with Gasteiger partial charge in [-0.2, -0.15) is 0 Å². The average Bonchev–Trinajstić information content (AvgIpc) is 2.44. The summed E-state index contributed by atoms with van der Waals surface area (Å²) in [6.07, 6.45) is 1.17. The van der Waals surface area contributed by atoms with E-state index in [-0.39, 0.29) is 0 Å². The van der Waals surface area contributed by atoms with Crippen LogP contribution in [0.2, 0.25) is 0 Å². The van der Waals surface area contributed by atoms with Crippen LogP contribution >= 0.6 is 0 Å². The fraction of sp³-hybridized carbons (Fsp3) is 1.00. The number of rotatable bonds is 4. The van der Waals surface area contributed by atoms with Crippen molar-refractivity contribution in [3.8, 4) is 0 Å². The lowest BCUT2D eigenvalue weighted by Gasteiger charge is -2.35. The summed E-state index contributed by atoms with van der Waals surface area (Å²) >= 11 is 0. The number of nitrogens with one attached hydrogen (secondary N) is 1. The van der Waals surface area contributed by atoms with E-state index in [0.717, 1.165) is 32.8 Å². The molecule has 1 atom stereocenters. The minimum absolute atomic E-state index is 0.323. The largest absolute Gasteiger partial charge is 0.380 e. The molecule has 1 unspecified atom stereocenters. The summed E-state index contributed by atoms with van der Waals surface area (Å²) in [5.74, 6) is 0. The second-order valence-electron chi connectivity index (χ2n) is 5.74. The number of hydrogen-bond acceptors (Lipinski definition) is 3. The molecule has 0 spiro atoms. The molecule has 0 aromatic carbocycles. The van der Waals surface area contributed by atoms with Gasteiger partial charge in [-0.05, 0) is 18.4 Å². The van der Waals surface area contributed by atoms with Crippen molar-refractivity contribution in [1.82, 2.24) is 10.2 Å². The molecule has 3 heteroatoms. The Balaban J connectivity index is 2.46. The average molecular weight is 228 g/mol. The van der Waals surface area contributed by atoms with Gasteiger partial charge in [-0.15, -0.1) is 0 Å². The molecule has 1 saturated heterocycles. The molecular formula is C13H28N2O. The molecule has 1 N–H and O–H groups in total. The lowest BCUT2D eigenvalue weighted by Crippen LogP contribution is -2.49. The second kappa shape index (κ2) is 6.58. The molecule has 1 rings (SSSR count). The Morgan fingerprint density at radius 3 is 2.62 bits per heavy atom. The molecule has 0 aliphatic carbocycles. The van der Waals surface area contributed by atoms with Gasteiger partial charge >= 0.3 is 0 Å². The number of nitrogens with zero attached hydrogens (tertiary/aromatic N) is 1. The SMILES string of the molecule is CCNC(CN1CCCOCC1)C(C)(C)C. The summed E-state index contributed by atoms with van der Waals surface area (Å²) in [6.45, 7) is 15.4. The predicted molar refractivity (Wildman–Crippen MR) is 68.8 cm³/mol. The van der Waals surface area contributed by atoms with E-state index in [1.165, 1.54) is 13.0 Å². The molecule has 0 aromatic rings. The van der Waals surface area contributed by atoms with E-state index in [2.05, 4.69) is 37.9 Å².